The number of rotatable bonds is 8. The summed E-state index contributed by atoms with van der Waals surface area (Å²) in [6, 6.07) is 9.08. The molecule has 2 heterocycles. The number of hydrogen-bond acceptors (Lipinski definition) is 6. The third-order valence-electron chi connectivity index (χ3n) is 6.13. The summed E-state index contributed by atoms with van der Waals surface area (Å²) in [5.74, 6) is 0.800. The summed E-state index contributed by atoms with van der Waals surface area (Å²) < 4.78 is 74.5. The molecule has 0 fully saturated rings. The maximum atomic E-state index is 13.0. The molecule has 3 aromatic rings. The highest BCUT2D eigenvalue weighted by Gasteiger charge is 2.32. The predicted octanol–water partition coefficient (Wildman–Crippen LogP) is 4.47. The van der Waals surface area contributed by atoms with Gasteiger partial charge in [0.25, 0.3) is 0 Å². The first-order valence-electron chi connectivity index (χ1n) is 12.3. The van der Waals surface area contributed by atoms with E-state index in [2.05, 4.69) is 47.2 Å². The van der Waals surface area contributed by atoms with Gasteiger partial charge >= 0.3 is 6.18 Å². The van der Waals surface area contributed by atoms with Crippen molar-refractivity contribution >= 4 is 10.0 Å². The van der Waals surface area contributed by atoms with Gasteiger partial charge in [0, 0.05) is 42.7 Å². The zero-order valence-electron chi connectivity index (χ0n) is 21.7. The molecule has 12 heteroatoms. The van der Waals surface area contributed by atoms with Gasteiger partial charge in [-0.1, -0.05) is 23.4 Å². The standard InChI is InChI=1S/C26H32F3N5O3S/c1-17(32-38(35,36)21-7-5-6-19(14-21)26(27,28)29)12-20-16-34(33-31-20)23-10-11-37-24-13-18(8-9-22(23)24)15-30-25(2,3)4/h5-9,13-14,16-17,23,30,32H,10-12,15H2,1-4H3/t17-,23?/m0/s1. The molecule has 1 unspecified atom stereocenters. The van der Waals surface area contributed by atoms with Gasteiger partial charge in [-0.3, -0.25) is 0 Å². The Morgan fingerprint density at radius 1 is 1.16 bits per heavy atom. The van der Waals surface area contributed by atoms with Gasteiger partial charge in [0.2, 0.25) is 10.0 Å². The molecule has 8 nitrogen and oxygen atoms in total. The Labute approximate surface area is 220 Å². The Hall–Kier alpha value is -2.96. The van der Waals surface area contributed by atoms with Gasteiger partial charge in [0.05, 0.1) is 28.8 Å². The number of sulfonamides is 1. The number of alkyl halides is 3. The van der Waals surface area contributed by atoms with Crippen LogP contribution in [0.15, 0.2) is 53.6 Å². The molecule has 0 spiro atoms. The number of nitrogens with one attached hydrogen (secondary N) is 2. The van der Waals surface area contributed by atoms with Gasteiger partial charge in [-0.05, 0) is 57.5 Å². The van der Waals surface area contributed by atoms with E-state index >= 15 is 0 Å². The quantitative estimate of drug-likeness (QED) is 0.429. The van der Waals surface area contributed by atoms with E-state index in [0.717, 1.165) is 35.1 Å². The first-order valence-corrected chi connectivity index (χ1v) is 13.8. The minimum Gasteiger partial charge on any atom is -0.493 e. The molecule has 0 radical (unpaired) electrons. The molecule has 2 aromatic carbocycles. The van der Waals surface area contributed by atoms with Crippen LogP contribution in [0, 0.1) is 0 Å². The van der Waals surface area contributed by atoms with Gasteiger partial charge < -0.3 is 10.1 Å². The van der Waals surface area contributed by atoms with Crippen molar-refractivity contribution in [3.05, 3.63) is 71.0 Å². The van der Waals surface area contributed by atoms with Crippen LogP contribution in [0.25, 0.3) is 0 Å². The van der Waals surface area contributed by atoms with Crippen LogP contribution in [-0.2, 0) is 29.2 Å². The van der Waals surface area contributed by atoms with Crippen molar-refractivity contribution in [2.75, 3.05) is 6.61 Å². The molecule has 0 amide bonds. The lowest BCUT2D eigenvalue weighted by molar-refractivity contribution is -0.137. The van der Waals surface area contributed by atoms with E-state index in [-0.39, 0.29) is 18.0 Å². The monoisotopic (exact) mass is 551 g/mol. The van der Waals surface area contributed by atoms with E-state index in [1.54, 1.807) is 17.8 Å². The smallest absolute Gasteiger partial charge is 0.416 e. The van der Waals surface area contributed by atoms with Crippen molar-refractivity contribution in [3.8, 4) is 5.75 Å². The van der Waals surface area contributed by atoms with Crippen molar-refractivity contribution in [2.45, 2.75) is 75.8 Å². The Balaban J connectivity index is 1.43. The minimum absolute atomic E-state index is 0.00510. The second-order valence-electron chi connectivity index (χ2n) is 10.6. The van der Waals surface area contributed by atoms with Crippen LogP contribution in [0.4, 0.5) is 13.2 Å². The Morgan fingerprint density at radius 2 is 1.92 bits per heavy atom. The SMILES string of the molecule is C[C@@H](Cc1cn(C2CCOc3cc(CNC(C)(C)C)ccc32)nn1)NS(=O)(=O)c1cccc(C(F)(F)F)c1. The van der Waals surface area contributed by atoms with E-state index in [1.165, 1.54) is 0 Å². The normalized spacial score (nSPS) is 17.1. The molecular formula is C26H32F3N5O3S. The van der Waals surface area contributed by atoms with Crippen molar-refractivity contribution in [2.24, 2.45) is 0 Å². The lowest BCUT2D eigenvalue weighted by atomic mass is 9.98. The second kappa shape index (κ2) is 10.7. The molecular weight excluding hydrogens is 519 g/mol. The summed E-state index contributed by atoms with van der Waals surface area (Å²) in [7, 11) is -4.16. The maximum absolute atomic E-state index is 13.0. The van der Waals surface area contributed by atoms with Gasteiger partial charge in [-0.15, -0.1) is 5.10 Å². The molecule has 2 atom stereocenters. The van der Waals surface area contributed by atoms with E-state index in [0.29, 0.717) is 31.3 Å². The lowest BCUT2D eigenvalue weighted by Gasteiger charge is -2.27. The first kappa shape index (κ1) is 28.1. The van der Waals surface area contributed by atoms with Crippen molar-refractivity contribution in [1.29, 1.82) is 0 Å². The van der Waals surface area contributed by atoms with E-state index in [4.69, 9.17) is 4.74 Å². The van der Waals surface area contributed by atoms with Crippen LogP contribution >= 0.6 is 0 Å². The number of aromatic nitrogens is 3. The van der Waals surface area contributed by atoms with E-state index in [9.17, 15) is 21.6 Å². The van der Waals surface area contributed by atoms with Crippen LogP contribution in [-0.4, -0.2) is 41.6 Å². The molecule has 0 bridgehead atoms. The summed E-state index contributed by atoms with van der Waals surface area (Å²) >= 11 is 0. The van der Waals surface area contributed by atoms with E-state index in [1.807, 2.05) is 12.1 Å². The van der Waals surface area contributed by atoms with Crippen LogP contribution in [0.2, 0.25) is 0 Å². The Morgan fingerprint density at radius 3 is 2.63 bits per heavy atom. The van der Waals surface area contributed by atoms with Gasteiger partial charge in [0.15, 0.2) is 0 Å². The third-order valence-corrected chi connectivity index (χ3v) is 7.72. The summed E-state index contributed by atoms with van der Waals surface area (Å²) in [5.41, 5.74) is 1.63. The zero-order chi connectivity index (χ0) is 27.7. The highest BCUT2D eigenvalue weighted by atomic mass is 32.2. The Kier molecular flexibility index (Phi) is 7.87. The van der Waals surface area contributed by atoms with Crippen LogP contribution in [0.5, 0.6) is 5.75 Å². The van der Waals surface area contributed by atoms with Crippen molar-refractivity contribution in [3.63, 3.8) is 0 Å². The minimum atomic E-state index is -4.64. The molecule has 0 saturated carbocycles. The molecule has 4 rings (SSSR count). The number of fused-ring (bicyclic) bond motifs is 1. The topological polar surface area (TPSA) is 98.1 Å². The fourth-order valence-electron chi connectivity index (χ4n) is 4.25. The largest absolute Gasteiger partial charge is 0.493 e. The third kappa shape index (κ3) is 6.91. The summed E-state index contributed by atoms with van der Waals surface area (Å²) in [6.07, 6.45) is -1.95. The molecule has 1 aliphatic rings. The van der Waals surface area contributed by atoms with Crippen LogP contribution < -0.4 is 14.8 Å². The number of nitrogens with zero attached hydrogens (tertiary/aromatic N) is 3. The molecule has 0 aliphatic carbocycles. The average Bonchev–Trinajstić information content (AvgIpc) is 3.29. The molecule has 0 saturated heterocycles. The second-order valence-corrected chi connectivity index (χ2v) is 12.3. The summed E-state index contributed by atoms with van der Waals surface area (Å²) in [6.45, 7) is 9.19. The fraction of sp³-hybridized carbons (Fsp3) is 0.462. The first-order chi connectivity index (χ1) is 17.7. The highest BCUT2D eigenvalue weighted by molar-refractivity contribution is 7.89. The fourth-order valence-corrected chi connectivity index (χ4v) is 5.54. The number of benzene rings is 2. The van der Waals surface area contributed by atoms with Crippen LogP contribution in [0.3, 0.4) is 0 Å². The molecule has 206 valence electrons. The molecule has 2 N–H and O–H groups in total. The number of halogens is 3. The van der Waals surface area contributed by atoms with Gasteiger partial charge in [-0.2, -0.15) is 13.2 Å². The molecule has 1 aliphatic heterocycles. The van der Waals surface area contributed by atoms with Crippen molar-refractivity contribution in [1.82, 2.24) is 25.0 Å². The summed E-state index contributed by atoms with van der Waals surface area (Å²) in [5, 5.41) is 11.9. The average molecular weight is 552 g/mol. The maximum Gasteiger partial charge on any atom is 0.416 e. The number of hydrogen-bond donors (Lipinski definition) is 2. The summed E-state index contributed by atoms with van der Waals surface area (Å²) in [4.78, 5) is -0.446. The molecule has 1 aromatic heterocycles. The predicted molar refractivity (Wildman–Crippen MR) is 136 cm³/mol. The van der Waals surface area contributed by atoms with Crippen LogP contribution in [0.1, 0.15) is 62.5 Å². The highest BCUT2D eigenvalue weighted by Crippen LogP contribution is 2.35. The Bertz CT molecular complexity index is 1380. The zero-order valence-corrected chi connectivity index (χ0v) is 22.5. The lowest BCUT2D eigenvalue weighted by Crippen LogP contribution is -2.35. The molecule has 38 heavy (non-hydrogen) atoms. The van der Waals surface area contributed by atoms with Crippen molar-refractivity contribution < 1.29 is 26.3 Å². The van der Waals surface area contributed by atoms with E-state index < -0.39 is 32.7 Å². The number of ether oxygens (including phenoxy) is 1. The van der Waals surface area contributed by atoms with Gasteiger partial charge in [0.1, 0.15) is 5.75 Å². The van der Waals surface area contributed by atoms with Gasteiger partial charge in [-0.25, -0.2) is 17.8 Å².